The molecule has 2 fully saturated rings. The molecule has 2 saturated heterocycles. The summed E-state index contributed by atoms with van der Waals surface area (Å²) >= 11 is 0. The van der Waals surface area contributed by atoms with E-state index in [0.717, 1.165) is 45.5 Å². The summed E-state index contributed by atoms with van der Waals surface area (Å²) in [4.78, 5) is 13.1. The van der Waals surface area contributed by atoms with Gasteiger partial charge in [0.2, 0.25) is 0 Å². The van der Waals surface area contributed by atoms with Crippen molar-refractivity contribution in [3.05, 3.63) is 0 Å². The molecule has 0 radical (unpaired) electrons. The molecule has 0 spiro atoms. The third-order valence-corrected chi connectivity index (χ3v) is 3.96. The molecule has 4 heteroatoms. The summed E-state index contributed by atoms with van der Waals surface area (Å²) in [6, 6.07) is 0. The summed E-state index contributed by atoms with van der Waals surface area (Å²) in [5.41, 5.74) is 0. The molecule has 98 valence electrons. The van der Waals surface area contributed by atoms with Crippen molar-refractivity contribution in [3.8, 4) is 0 Å². The molecule has 2 aliphatic rings. The van der Waals surface area contributed by atoms with E-state index in [0.29, 0.717) is 18.4 Å². The maximum atomic E-state index is 10.6. The first-order valence-electron chi connectivity index (χ1n) is 6.80. The Balaban J connectivity index is 1.60. The van der Waals surface area contributed by atoms with Crippen molar-refractivity contribution in [3.63, 3.8) is 0 Å². The van der Waals surface area contributed by atoms with Gasteiger partial charge in [-0.25, -0.2) is 0 Å². The number of piperidine rings is 1. The normalized spacial score (nSPS) is 27.4. The van der Waals surface area contributed by atoms with Gasteiger partial charge in [-0.15, -0.1) is 0 Å². The highest BCUT2D eigenvalue weighted by Gasteiger charge is 2.22. The van der Waals surface area contributed by atoms with Gasteiger partial charge in [-0.2, -0.15) is 0 Å². The number of likely N-dealkylation sites (tertiary alicyclic amines) is 1. The Hall–Kier alpha value is -0.610. The molecule has 1 atom stereocenters. The van der Waals surface area contributed by atoms with E-state index in [1.807, 2.05) is 0 Å². The second-order valence-electron chi connectivity index (χ2n) is 5.31. The lowest BCUT2D eigenvalue weighted by Gasteiger charge is -2.31. The van der Waals surface area contributed by atoms with Crippen LogP contribution in [0.5, 0.6) is 0 Å². The van der Waals surface area contributed by atoms with Crippen LogP contribution >= 0.6 is 0 Å². The van der Waals surface area contributed by atoms with Gasteiger partial charge in [0.05, 0.1) is 6.10 Å². The maximum Gasteiger partial charge on any atom is 0.303 e. The Kier molecular flexibility index (Phi) is 4.80. The minimum atomic E-state index is -0.650. The van der Waals surface area contributed by atoms with E-state index < -0.39 is 5.97 Å². The van der Waals surface area contributed by atoms with Crippen LogP contribution in [0.15, 0.2) is 0 Å². The van der Waals surface area contributed by atoms with Crippen LogP contribution in [0.25, 0.3) is 0 Å². The number of carboxylic acids is 1. The molecule has 0 aromatic carbocycles. The van der Waals surface area contributed by atoms with Gasteiger partial charge in [-0.3, -0.25) is 4.79 Å². The lowest BCUT2D eigenvalue weighted by atomic mass is 9.93. The topological polar surface area (TPSA) is 49.8 Å². The van der Waals surface area contributed by atoms with Crippen LogP contribution in [-0.4, -0.2) is 48.3 Å². The Labute approximate surface area is 103 Å². The molecule has 2 heterocycles. The lowest BCUT2D eigenvalue weighted by Crippen LogP contribution is -2.36. The Morgan fingerprint density at radius 2 is 2.06 bits per heavy atom. The number of rotatable bonds is 5. The minimum Gasteiger partial charge on any atom is -0.481 e. The zero-order chi connectivity index (χ0) is 12.1. The van der Waals surface area contributed by atoms with E-state index >= 15 is 0 Å². The van der Waals surface area contributed by atoms with Gasteiger partial charge in [-0.1, -0.05) is 0 Å². The summed E-state index contributed by atoms with van der Waals surface area (Å²) in [5.74, 6) is -0.255. The van der Waals surface area contributed by atoms with Gasteiger partial charge < -0.3 is 14.7 Å². The number of hydrogen-bond acceptors (Lipinski definition) is 3. The fourth-order valence-corrected chi connectivity index (χ4v) is 2.86. The highest BCUT2D eigenvalue weighted by Crippen LogP contribution is 2.22. The van der Waals surface area contributed by atoms with E-state index in [1.165, 1.54) is 12.8 Å². The number of nitrogens with zero attached hydrogens (tertiary/aromatic N) is 1. The highest BCUT2D eigenvalue weighted by molar-refractivity contribution is 5.67. The van der Waals surface area contributed by atoms with Crippen LogP contribution in [0.2, 0.25) is 0 Å². The SMILES string of the molecule is O=C(O)CC1CCN(CCC2CCCO2)CC1. The number of carboxylic acid groups (broad SMARTS) is 1. The summed E-state index contributed by atoms with van der Waals surface area (Å²) in [5, 5.41) is 8.75. The van der Waals surface area contributed by atoms with Crippen molar-refractivity contribution in [1.29, 1.82) is 0 Å². The zero-order valence-electron chi connectivity index (χ0n) is 10.4. The highest BCUT2D eigenvalue weighted by atomic mass is 16.5. The van der Waals surface area contributed by atoms with Crippen LogP contribution in [0, 0.1) is 5.92 Å². The minimum absolute atomic E-state index is 0.347. The molecule has 0 aliphatic carbocycles. The monoisotopic (exact) mass is 241 g/mol. The number of aliphatic carboxylic acids is 1. The maximum absolute atomic E-state index is 10.6. The largest absolute Gasteiger partial charge is 0.481 e. The fraction of sp³-hybridized carbons (Fsp3) is 0.923. The number of hydrogen-bond donors (Lipinski definition) is 1. The van der Waals surface area contributed by atoms with Crippen LogP contribution in [-0.2, 0) is 9.53 Å². The summed E-state index contributed by atoms with van der Waals surface area (Å²) in [7, 11) is 0. The van der Waals surface area contributed by atoms with Crippen LogP contribution in [0.3, 0.4) is 0 Å². The van der Waals surface area contributed by atoms with Gasteiger partial charge in [0, 0.05) is 19.6 Å². The molecular formula is C13H23NO3. The molecule has 1 unspecified atom stereocenters. The van der Waals surface area contributed by atoms with E-state index in [9.17, 15) is 4.79 Å². The summed E-state index contributed by atoms with van der Waals surface area (Å²) in [6.45, 7) is 4.17. The predicted molar refractivity (Wildman–Crippen MR) is 65.0 cm³/mol. The third-order valence-electron chi connectivity index (χ3n) is 3.96. The zero-order valence-corrected chi connectivity index (χ0v) is 10.4. The molecule has 0 bridgehead atoms. The molecule has 17 heavy (non-hydrogen) atoms. The van der Waals surface area contributed by atoms with Crippen LogP contribution in [0.4, 0.5) is 0 Å². The number of carbonyl (C=O) groups is 1. The molecule has 1 N–H and O–H groups in total. The van der Waals surface area contributed by atoms with Gasteiger partial charge in [0.1, 0.15) is 0 Å². The third kappa shape index (κ3) is 4.28. The van der Waals surface area contributed by atoms with E-state index in [2.05, 4.69) is 4.90 Å². The number of ether oxygens (including phenoxy) is 1. The predicted octanol–water partition coefficient (Wildman–Crippen LogP) is 1.74. The van der Waals surface area contributed by atoms with Crippen molar-refractivity contribution in [2.45, 2.75) is 44.6 Å². The fourth-order valence-electron chi connectivity index (χ4n) is 2.86. The Bertz CT molecular complexity index is 243. The van der Waals surface area contributed by atoms with Crippen molar-refractivity contribution in [1.82, 2.24) is 4.90 Å². The van der Waals surface area contributed by atoms with E-state index in [-0.39, 0.29) is 0 Å². The molecule has 2 rings (SSSR count). The second-order valence-corrected chi connectivity index (χ2v) is 5.31. The van der Waals surface area contributed by atoms with Gasteiger partial charge in [0.15, 0.2) is 0 Å². The summed E-state index contributed by atoms with van der Waals surface area (Å²) in [6.07, 6.45) is 6.48. The molecule has 0 aromatic rings. The van der Waals surface area contributed by atoms with Crippen molar-refractivity contribution >= 4 is 5.97 Å². The van der Waals surface area contributed by atoms with Crippen LogP contribution in [0.1, 0.15) is 38.5 Å². The first-order valence-corrected chi connectivity index (χ1v) is 6.80. The molecule has 0 aromatic heterocycles. The van der Waals surface area contributed by atoms with Crippen molar-refractivity contribution < 1.29 is 14.6 Å². The average molecular weight is 241 g/mol. The smallest absolute Gasteiger partial charge is 0.303 e. The summed E-state index contributed by atoms with van der Waals surface area (Å²) < 4.78 is 5.61. The first-order chi connectivity index (χ1) is 8.24. The Morgan fingerprint density at radius 1 is 1.29 bits per heavy atom. The van der Waals surface area contributed by atoms with E-state index in [4.69, 9.17) is 9.84 Å². The molecule has 4 nitrogen and oxygen atoms in total. The quantitative estimate of drug-likeness (QED) is 0.796. The molecule has 0 saturated carbocycles. The van der Waals surface area contributed by atoms with Crippen molar-refractivity contribution in [2.75, 3.05) is 26.2 Å². The van der Waals surface area contributed by atoms with Crippen LogP contribution < -0.4 is 0 Å². The van der Waals surface area contributed by atoms with Gasteiger partial charge in [0.25, 0.3) is 0 Å². The Morgan fingerprint density at radius 3 is 2.65 bits per heavy atom. The second kappa shape index (κ2) is 6.36. The molecule has 0 amide bonds. The van der Waals surface area contributed by atoms with E-state index in [1.54, 1.807) is 0 Å². The first kappa shape index (κ1) is 12.8. The van der Waals surface area contributed by atoms with Gasteiger partial charge in [-0.05, 0) is 51.1 Å². The molecular weight excluding hydrogens is 218 g/mol. The van der Waals surface area contributed by atoms with Gasteiger partial charge >= 0.3 is 5.97 Å². The lowest BCUT2D eigenvalue weighted by molar-refractivity contribution is -0.138. The molecule has 2 aliphatic heterocycles. The standard InChI is InChI=1S/C13H23NO3/c15-13(16)10-11-3-6-14(7-4-11)8-5-12-2-1-9-17-12/h11-12H,1-10H2,(H,15,16). The average Bonchev–Trinajstić information content (AvgIpc) is 2.80. The van der Waals surface area contributed by atoms with Crippen molar-refractivity contribution in [2.24, 2.45) is 5.92 Å².